The molecule has 72 heavy (non-hydrogen) atoms. The van der Waals surface area contributed by atoms with Gasteiger partial charge in [-0.3, -0.25) is 9.59 Å². The minimum absolute atomic E-state index is 0.0194. The lowest BCUT2D eigenvalue weighted by Gasteiger charge is -2.22. The lowest BCUT2D eigenvalue weighted by molar-refractivity contribution is -0.143. The van der Waals surface area contributed by atoms with E-state index < -0.39 is 12.1 Å². The number of hydrogen-bond donors (Lipinski definition) is 3. The van der Waals surface area contributed by atoms with Crippen LogP contribution in [0.2, 0.25) is 0 Å². The van der Waals surface area contributed by atoms with Crippen molar-refractivity contribution in [2.45, 2.75) is 386 Å². The largest absolute Gasteiger partial charge is 0.466 e. The molecule has 0 bridgehead atoms. The molecule has 0 aromatic rings. The van der Waals surface area contributed by atoms with Gasteiger partial charge < -0.3 is 20.3 Å². The molecular weight excluding hydrogens is 887 g/mol. The van der Waals surface area contributed by atoms with Crippen LogP contribution in [0, 0.1) is 0 Å². The van der Waals surface area contributed by atoms with Crippen molar-refractivity contribution in [1.29, 1.82) is 0 Å². The van der Waals surface area contributed by atoms with Crippen molar-refractivity contribution >= 4 is 11.9 Å². The summed E-state index contributed by atoms with van der Waals surface area (Å²) in [5.41, 5.74) is 0. The van der Waals surface area contributed by atoms with Crippen molar-refractivity contribution in [3.8, 4) is 0 Å². The second kappa shape index (κ2) is 62.1. The summed E-state index contributed by atoms with van der Waals surface area (Å²) in [6, 6.07) is -0.537. The first-order chi connectivity index (χ1) is 35.5. The average Bonchev–Trinajstić information content (AvgIpc) is 3.38. The number of allylic oxidation sites excluding steroid dienone is 2. The predicted molar refractivity (Wildman–Crippen MR) is 315 cm³/mol. The lowest BCUT2D eigenvalue weighted by Crippen LogP contribution is -2.45. The molecule has 0 aliphatic heterocycles. The zero-order valence-electron chi connectivity index (χ0n) is 48.9. The molecule has 0 aliphatic rings. The highest BCUT2D eigenvalue weighted by molar-refractivity contribution is 5.76. The normalized spacial score (nSPS) is 12.6. The van der Waals surface area contributed by atoms with Crippen LogP contribution in [-0.2, 0) is 14.3 Å². The standard InChI is InChI=1S/C66H129NO5/c1-3-5-7-9-11-13-15-40-44-48-52-56-60-66(71)72-61-57-53-49-45-41-37-35-33-31-29-27-25-23-21-19-17-16-18-20-22-24-26-28-30-32-34-36-39-43-47-51-55-59-65(70)67-63(62-68)64(69)58-54-50-46-42-38-14-12-10-8-6-4-2/h19,21,63-64,68-69H,3-18,20,22-62H2,1-2H3,(H,67,70)/b21-19-. The molecule has 0 heterocycles. The van der Waals surface area contributed by atoms with E-state index in [1.54, 1.807) is 0 Å². The Morgan fingerprint density at radius 1 is 0.375 bits per heavy atom. The van der Waals surface area contributed by atoms with Gasteiger partial charge in [0.1, 0.15) is 0 Å². The van der Waals surface area contributed by atoms with Crippen LogP contribution in [0.15, 0.2) is 12.2 Å². The Morgan fingerprint density at radius 2 is 0.653 bits per heavy atom. The van der Waals surface area contributed by atoms with E-state index in [1.807, 2.05) is 0 Å². The summed E-state index contributed by atoms with van der Waals surface area (Å²) in [5, 5.41) is 23.2. The Morgan fingerprint density at radius 3 is 0.986 bits per heavy atom. The smallest absolute Gasteiger partial charge is 0.305 e. The van der Waals surface area contributed by atoms with Gasteiger partial charge in [0.05, 0.1) is 25.4 Å². The molecule has 1 amide bonds. The Bertz CT molecular complexity index is 1080. The van der Waals surface area contributed by atoms with Crippen LogP contribution in [0.5, 0.6) is 0 Å². The van der Waals surface area contributed by atoms with E-state index >= 15 is 0 Å². The van der Waals surface area contributed by atoms with E-state index in [0.717, 1.165) is 38.5 Å². The number of carbonyl (C=O) groups is 2. The summed E-state index contributed by atoms with van der Waals surface area (Å²) in [7, 11) is 0. The highest BCUT2D eigenvalue weighted by Crippen LogP contribution is 2.18. The van der Waals surface area contributed by atoms with E-state index in [1.165, 1.54) is 302 Å². The van der Waals surface area contributed by atoms with Gasteiger partial charge in [-0.1, -0.05) is 321 Å². The number of unbranched alkanes of at least 4 members (excludes halogenated alkanes) is 49. The van der Waals surface area contributed by atoms with Gasteiger partial charge in [0.2, 0.25) is 5.91 Å². The van der Waals surface area contributed by atoms with Crippen LogP contribution in [0.4, 0.5) is 0 Å². The number of amides is 1. The van der Waals surface area contributed by atoms with Crippen LogP contribution in [0.25, 0.3) is 0 Å². The summed E-state index contributed by atoms with van der Waals surface area (Å²) in [6.07, 6.45) is 75.4. The minimum Gasteiger partial charge on any atom is -0.466 e. The fourth-order valence-corrected chi connectivity index (χ4v) is 10.5. The van der Waals surface area contributed by atoms with Crippen LogP contribution >= 0.6 is 0 Å². The highest BCUT2D eigenvalue weighted by atomic mass is 16.5. The molecule has 0 saturated heterocycles. The molecule has 0 rings (SSSR count). The quantitative estimate of drug-likeness (QED) is 0.0320. The zero-order valence-corrected chi connectivity index (χ0v) is 48.9. The number of aliphatic hydroxyl groups excluding tert-OH is 2. The monoisotopic (exact) mass is 1020 g/mol. The maximum atomic E-state index is 12.5. The highest BCUT2D eigenvalue weighted by Gasteiger charge is 2.20. The van der Waals surface area contributed by atoms with Crippen molar-refractivity contribution in [2.24, 2.45) is 0 Å². The van der Waals surface area contributed by atoms with Crippen molar-refractivity contribution < 1.29 is 24.5 Å². The minimum atomic E-state index is -0.660. The van der Waals surface area contributed by atoms with E-state index in [0.29, 0.717) is 25.9 Å². The number of ether oxygens (including phenoxy) is 1. The van der Waals surface area contributed by atoms with Gasteiger partial charge >= 0.3 is 5.97 Å². The first kappa shape index (κ1) is 70.6. The molecule has 0 aromatic heterocycles. The molecule has 0 saturated carbocycles. The molecule has 0 fully saturated rings. The average molecular weight is 1020 g/mol. The van der Waals surface area contributed by atoms with Gasteiger partial charge in [0.15, 0.2) is 0 Å². The maximum absolute atomic E-state index is 12.5. The Kier molecular flexibility index (Phi) is 60.9. The molecule has 0 aromatic carbocycles. The summed E-state index contributed by atoms with van der Waals surface area (Å²) < 4.78 is 5.48. The number of hydrogen-bond acceptors (Lipinski definition) is 5. The molecular formula is C66H129NO5. The van der Waals surface area contributed by atoms with Gasteiger partial charge in [0.25, 0.3) is 0 Å². The van der Waals surface area contributed by atoms with E-state index in [9.17, 15) is 19.8 Å². The van der Waals surface area contributed by atoms with Gasteiger partial charge in [-0.25, -0.2) is 0 Å². The Labute approximate surface area is 450 Å². The molecule has 2 atom stereocenters. The molecule has 0 spiro atoms. The van der Waals surface area contributed by atoms with Crippen molar-refractivity contribution in [3.63, 3.8) is 0 Å². The van der Waals surface area contributed by atoms with Gasteiger partial charge in [-0.2, -0.15) is 0 Å². The van der Waals surface area contributed by atoms with E-state index in [2.05, 4.69) is 31.3 Å². The Hall–Kier alpha value is -1.40. The second-order valence-corrected chi connectivity index (χ2v) is 22.8. The van der Waals surface area contributed by atoms with E-state index in [-0.39, 0.29) is 18.5 Å². The van der Waals surface area contributed by atoms with Crippen LogP contribution in [-0.4, -0.2) is 47.4 Å². The number of nitrogens with one attached hydrogen (secondary N) is 1. The first-order valence-corrected chi connectivity index (χ1v) is 32.9. The number of rotatable bonds is 62. The van der Waals surface area contributed by atoms with Crippen molar-refractivity contribution in [3.05, 3.63) is 12.2 Å². The maximum Gasteiger partial charge on any atom is 0.305 e. The second-order valence-electron chi connectivity index (χ2n) is 22.8. The third kappa shape index (κ3) is 57.9. The third-order valence-corrected chi connectivity index (χ3v) is 15.6. The van der Waals surface area contributed by atoms with E-state index in [4.69, 9.17) is 4.74 Å². The molecule has 2 unspecified atom stereocenters. The number of aliphatic hydroxyl groups is 2. The SMILES string of the molecule is CCCCCCCCCCCCCCC(=O)OCCCCCCCCCCCCCC/C=C\CCCCCCCCCCCCCCCCCCC(=O)NC(CO)C(O)CCCCCCCCCCCCC. The van der Waals surface area contributed by atoms with Crippen LogP contribution in [0.3, 0.4) is 0 Å². The molecule has 6 nitrogen and oxygen atoms in total. The number of carbonyl (C=O) groups excluding carboxylic acids is 2. The van der Waals surface area contributed by atoms with Gasteiger partial charge in [0, 0.05) is 12.8 Å². The summed E-state index contributed by atoms with van der Waals surface area (Å²) >= 11 is 0. The Balaban J connectivity index is 3.32. The summed E-state index contributed by atoms with van der Waals surface area (Å²) in [5.74, 6) is -0.0120. The fraction of sp³-hybridized carbons (Fsp3) is 0.939. The first-order valence-electron chi connectivity index (χ1n) is 32.9. The van der Waals surface area contributed by atoms with Crippen molar-refractivity contribution in [1.82, 2.24) is 5.32 Å². The topological polar surface area (TPSA) is 95.9 Å². The van der Waals surface area contributed by atoms with Gasteiger partial charge in [-0.05, 0) is 51.4 Å². The van der Waals surface area contributed by atoms with Gasteiger partial charge in [-0.15, -0.1) is 0 Å². The number of esters is 1. The molecule has 0 aliphatic carbocycles. The molecule has 6 heteroatoms. The third-order valence-electron chi connectivity index (χ3n) is 15.6. The van der Waals surface area contributed by atoms with Crippen LogP contribution in [0.1, 0.15) is 373 Å². The molecule has 428 valence electrons. The summed E-state index contributed by atoms with van der Waals surface area (Å²) in [4.78, 5) is 24.5. The summed E-state index contributed by atoms with van der Waals surface area (Å²) in [6.45, 7) is 4.97. The fourth-order valence-electron chi connectivity index (χ4n) is 10.5. The predicted octanol–water partition coefficient (Wildman–Crippen LogP) is 20.8. The zero-order chi connectivity index (χ0) is 52.2. The lowest BCUT2D eigenvalue weighted by atomic mass is 10.0. The molecule has 3 N–H and O–H groups in total. The van der Waals surface area contributed by atoms with Crippen LogP contribution < -0.4 is 5.32 Å². The van der Waals surface area contributed by atoms with Crippen molar-refractivity contribution in [2.75, 3.05) is 13.2 Å². The molecule has 0 radical (unpaired) electrons.